The van der Waals surface area contributed by atoms with Gasteiger partial charge in [0, 0.05) is 6.20 Å². The van der Waals surface area contributed by atoms with Gasteiger partial charge in [0.05, 0.1) is 18.8 Å². The molecule has 0 saturated heterocycles. The number of carboxylic acids is 2. The number of nitrogens with one attached hydrogen (secondary N) is 1. The van der Waals surface area contributed by atoms with Crippen LogP contribution < -0.4 is 10.0 Å². The number of ether oxygens (including phenoxy) is 1. The standard InChI is InChI=1S/C23H24N2O3.C2H2O4/c26-22(28-17-16-24-14-15-25-13-7-12-21(25)18-24)23(27,19-8-3-1-4-9-19)20-10-5-2-6-11-20;3-1(4)2(5)6/h1-13,27H,14-18H2;(H,3,4)(H,5,6). The number of hydrogen-bond donors (Lipinski definition) is 3. The van der Waals surface area contributed by atoms with Crippen molar-refractivity contribution in [3.63, 3.8) is 0 Å². The van der Waals surface area contributed by atoms with E-state index < -0.39 is 23.5 Å². The van der Waals surface area contributed by atoms with Crippen LogP contribution in [-0.2, 0) is 37.8 Å². The van der Waals surface area contributed by atoms with E-state index in [9.17, 15) is 9.90 Å². The molecule has 178 valence electrons. The van der Waals surface area contributed by atoms with Crippen LogP contribution in [-0.4, -0.2) is 52.4 Å². The normalized spacial score (nSPS) is 14.8. The number of carbonyl (C=O) groups is 3. The number of carbonyl (C=O) groups excluding carboxylic acids is 2. The van der Waals surface area contributed by atoms with Crippen LogP contribution in [0.5, 0.6) is 0 Å². The SMILES string of the molecule is O=C(OCC[NH+]1CCn2cccc2C1)C(O)(c1ccccc1)c1ccccc1.O=C([O-])C(=O)O. The molecular formula is C25H26N2O7. The maximum atomic E-state index is 13.0. The van der Waals surface area contributed by atoms with Crippen LogP contribution in [0.4, 0.5) is 0 Å². The van der Waals surface area contributed by atoms with Crippen LogP contribution in [0.3, 0.4) is 0 Å². The van der Waals surface area contributed by atoms with Crippen molar-refractivity contribution in [2.45, 2.75) is 18.7 Å². The lowest BCUT2D eigenvalue weighted by atomic mass is 9.86. The second-order valence-electron chi connectivity index (χ2n) is 7.79. The number of carboxylic acid groups (broad SMARTS) is 2. The van der Waals surface area contributed by atoms with E-state index in [0.29, 0.717) is 11.1 Å². The summed E-state index contributed by atoms with van der Waals surface area (Å²) < 4.78 is 7.83. The molecule has 0 radical (unpaired) electrons. The molecule has 0 bridgehead atoms. The Hall–Kier alpha value is -3.95. The number of benzene rings is 2. The summed E-state index contributed by atoms with van der Waals surface area (Å²) in [6.45, 7) is 3.89. The van der Waals surface area contributed by atoms with Crippen molar-refractivity contribution in [2.24, 2.45) is 0 Å². The van der Waals surface area contributed by atoms with Gasteiger partial charge in [-0.25, -0.2) is 9.59 Å². The van der Waals surface area contributed by atoms with Crippen LogP contribution in [0.25, 0.3) is 0 Å². The third-order valence-corrected chi connectivity index (χ3v) is 5.60. The molecule has 3 aromatic rings. The van der Waals surface area contributed by atoms with Crippen molar-refractivity contribution < 1.29 is 39.3 Å². The molecular weight excluding hydrogens is 440 g/mol. The van der Waals surface area contributed by atoms with E-state index in [1.807, 2.05) is 36.4 Å². The number of rotatable bonds is 6. The molecule has 0 spiro atoms. The molecule has 9 nitrogen and oxygen atoms in total. The second kappa shape index (κ2) is 11.3. The zero-order valence-corrected chi connectivity index (χ0v) is 18.4. The van der Waals surface area contributed by atoms with Crippen molar-refractivity contribution in [1.82, 2.24) is 4.57 Å². The fourth-order valence-corrected chi connectivity index (χ4v) is 3.82. The fraction of sp³-hybridized carbons (Fsp3) is 0.240. The zero-order valence-electron chi connectivity index (χ0n) is 18.4. The van der Waals surface area contributed by atoms with Crippen molar-refractivity contribution >= 4 is 17.9 Å². The lowest BCUT2D eigenvalue weighted by Crippen LogP contribution is -3.12. The van der Waals surface area contributed by atoms with Gasteiger partial charge in [-0.15, -0.1) is 0 Å². The minimum atomic E-state index is -2.07. The first kappa shape index (κ1) is 24.7. The molecule has 2 heterocycles. The quantitative estimate of drug-likeness (QED) is 0.320. The molecule has 34 heavy (non-hydrogen) atoms. The van der Waals surface area contributed by atoms with Crippen LogP contribution in [0.1, 0.15) is 16.8 Å². The second-order valence-corrected chi connectivity index (χ2v) is 7.79. The summed E-state index contributed by atoms with van der Waals surface area (Å²) in [5, 5.41) is 27.7. The Morgan fingerprint density at radius 2 is 1.53 bits per heavy atom. The molecule has 1 aromatic heterocycles. The number of quaternary nitrogens is 1. The van der Waals surface area contributed by atoms with Gasteiger partial charge in [0.25, 0.3) is 0 Å². The van der Waals surface area contributed by atoms with E-state index >= 15 is 0 Å². The lowest BCUT2D eigenvalue weighted by molar-refractivity contribution is -0.918. The number of aliphatic hydroxyl groups is 1. The Labute approximate surface area is 196 Å². The highest BCUT2D eigenvalue weighted by molar-refractivity contribution is 6.26. The third kappa shape index (κ3) is 5.89. The zero-order chi connectivity index (χ0) is 24.6. The summed E-state index contributed by atoms with van der Waals surface area (Å²) in [7, 11) is 0. The number of fused-ring (bicyclic) bond motifs is 1. The van der Waals surface area contributed by atoms with E-state index in [0.717, 1.165) is 26.2 Å². The molecule has 1 unspecified atom stereocenters. The van der Waals surface area contributed by atoms with Gasteiger partial charge in [-0.05, 0) is 23.3 Å². The van der Waals surface area contributed by atoms with Gasteiger partial charge in [0.2, 0.25) is 5.60 Å². The number of aliphatic carboxylic acids is 2. The first-order chi connectivity index (χ1) is 16.3. The van der Waals surface area contributed by atoms with Gasteiger partial charge in [-0.3, -0.25) is 0 Å². The molecule has 0 fully saturated rings. The summed E-state index contributed by atoms with van der Waals surface area (Å²) in [6, 6.07) is 22.1. The highest BCUT2D eigenvalue weighted by atomic mass is 16.5. The van der Waals surface area contributed by atoms with Crippen LogP contribution in [0.2, 0.25) is 0 Å². The third-order valence-electron chi connectivity index (χ3n) is 5.60. The largest absolute Gasteiger partial charge is 0.539 e. The summed E-state index contributed by atoms with van der Waals surface area (Å²) in [5.74, 6) is -4.64. The highest BCUT2D eigenvalue weighted by Crippen LogP contribution is 2.30. The van der Waals surface area contributed by atoms with E-state index in [-0.39, 0.29) is 6.61 Å². The molecule has 1 atom stereocenters. The summed E-state index contributed by atoms with van der Waals surface area (Å²) in [5.41, 5.74) is 0.510. The van der Waals surface area contributed by atoms with Crippen molar-refractivity contribution in [3.05, 3.63) is 95.8 Å². The maximum absolute atomic E-state index is 13.0. The number of esters is 1. The van der Waals surface area contributed by atoms with Crippen LogP contribution >= 0.6 is 0 Å². The maximum Gasteiger partial charge on any atom is 0.351 e. The number of hydrogen-bond acceptors (Lipinski definition) is 6. The van der Waals surface area contributed by atoms with Gasteiger partial charge in [-0.1, -0.05) is 60.7 Å². The Morgan fingerprint density at radius 3 is 2.06 bits per heavy atom. The molecule has 9 heteroatoms. The van der Waals surface area contributed by atoms with Crippen molar-refractivity contribution in [1.29, 1.82) is 0 Å². The highest BCUT2D eigenvalue weighted by Gasteiger charge is 2.41. The number of aromatic nitrogens is 1. The van der Waals surface area contributed by atoms with Gasteiger partial charge in [-0.2, -0.15) is 0 Å². The molecule has 1 aliphatic rings. The van der Waals surface area contributed by atoms with Crippen molar-refractivity contribution in [3.8, 4) is 0 Å². The first-order valence-electron chi connectivity index (χ1n) is 10.7. The molecule has 4 rings (SSSR count). The fourth-order valence-electron chi connectivity index (χ4n) is 3.82. The Balaban J connectivity index is 0.000000481. The average molecular weight is 466 g/mol. The minimum absolute atomic E-state index is 0.275. The van der Waals surface area contributed by atoms with Gasteiger partial charge in [0.1, 0.15) is 19.7 Å². The number of nitrogens with zero attached hydrogens (tertiary/aromatic N) is 1. The average Bonchev–Trinajstić information content (AvgIpc) is 3.33. The predicted octanol–water partition coefficient (Wildman–Crippen LogP) is -0.813. The van der Waals surface area contributed by atoms with E-state index in [4.69, 9.17) is 24.5 Å². The molecule has 0 amide bonds. The van der Waals surface area contributed by atoms with E-state index in [1.54, 1.807) is 24.3 Å². The Bertz CT molecular complexity index is 1060. The lowest BCUT2D eigenvalue weighted by Gasteiger charge is -2.28. The summed E-state index contributed by atoms with van der Waals surface area (Å²) in [6.07, 6.45) is 2.10. The molecule has 3 N–H and O–H groups in total. The summed E-state index contributed by atoms with van der Waals surface area (Å²) in [4.78, 5) is 32.4. The molecule has 0 aliphatic carbocycles. The van der Waals surface area contributed by atoms with Gasteiger partial charge < -0.3 is 34.3 Å². The predicted molar refractivity (Wildman–Crippen MR) is 118 cm³/mol. The van der Waals surface area contributed by atoms with Crippen LogP contribution in [0, 0.1) is 0 Å². The topological polar surface area (TPSA) is 133 Å². The molecule has 2 aromatic carbocycles. The Morgan fingerprint density at radius 1 is 0.971 bits per heavy atom. The minimum Gasteiger partial charge on any atom is -0.539 e. The summed E-state index contributed by atoms with van der Waals surface area (Å²) >= 11 is 0. The molecule has 0 saturated carbocycles. The smallest absolute Gasteiger partial charge is 0.351 e. The first-order valence-corrected chi connectivity index (χ1v) is 10.7. The van der Waals surface area contributed by atoms with Gasteiger partial charge in [0.15, 0.2) is 5.97 Å². The van der Waals surface area contributed by atoms with Crippen molar-refractivity contribution in [2.75, 3.05) is 19.7 Å². The van der Waals surface area contributed by atoms with Crippen LogP contribution in [0.15, 0.2) is 79.0 Å². The Kier molecular flexibility index (Phi) is 8.18. The van der Waals surface area contributed by atoms with E-state index in [1.165, 1.54) is 10.6 Å². The van der Waals surface area contributed by atoms with Gasteiger partial charge >= 0.3 is 11.9 Å². The van der Waals surface area contributed by atoms with E-state index in [2.05, 4.69) is 22.9 Å². The molecule has 1 aliphatic heterocycles. The monoisotopic (exact) mass is 466 g/mol.